The zero-order valence-electron chi connectivity index (χ0n) is 13.7. The highest BCUT2D eigenvalue weighted by atomic mass is 32.2. The van der Waals surface area contributed by atoms with E-state index < -0.39 is 17.3 Å². The van der Waals surface area contributed by atoms with Gasteiger partial charge in [0.25, 0.3) is 0 Å². The number of hydrogen-bond donors (Lipinski definition) is 1. The zero-order valence-corrected chi connectivity index (χ0v) is 14.5. The first-order chi connectivity index (χ1) is 11.8. The van der Waals surface area contributed by atoms with Gasteiger partial charge in [0.05, 0.1) is 16.9 Å². The van der Waals surface area contributed by atoms with E-state index >= 15 is 0 Å². The van der Waals surface area contributed by atoms with Gasteiger partial charge in [0, 0.05) is 11.7 Å². The predicted molar refractivity (Wildman–Crippen MR) is 86.8 cm³/mol. The molecule has 1 aromatic heterocycles. The van der Waals surface area contributed by atoms with Gasteiger partial charge in [-0.2, -0.15) is 18.4 Å². The zero-order chi connectivity index (χ0) is 18.2. The number of aryl methyl sites for hydroxylation is 1. The van der Waals surface area contributed by atoms with E-state index in [4.69, 9.17) is 5.26 Å². The second kappa shape index (κ2) is 6.87. The third-order valence-electron chi connectivity index (χ3n) is 4.46. The highest BCUT2D eigenvalue weighted by Gasteiger charge is 2.42. The monoisotopic (exact) mass is 369 g/mol. The number of rotatable bonds is 6. The summed E-state index contributed by atoms with van der Waals surface area (Å²) >= 11 is 0.885. The highest BCUT2D eigenvalue weighted by Crippen LogP contribution is 2.44. The van der Waals surface area contributed by atoms with Crippen LogP contribution in [0.3, 0.4) is 0 Å². The van der Waals surface area contributed by atoms with E-state index in [9.17, 15) is 18.0 Å². The fourth-order valence-corrected chi connectivity index (χ4v) is 3.83. The number of aromatic nitrogens is 1. The number of halogens is 3. The molecule has 1 amide bonds. The molecule has 2 aliphatic rings. The quantitative estimate of drug-likeness (QED) is 0.777. The van der Waals surface area contributed by atoms with Crippen LogP contribution in [0, 0.1) is 30.1 Å². The molecule has 25 heavy (non-hydrogen) atoms. The van der Waals surface area contributed by atoms with Crippen molar-refractivity contribution in [3.8, 4) is 6.07 Å². The van der Waals surface area contributed by atoms with Crippen molar-refractivity contribution in [1.29, 1.82) is 5.26 Å². The Hall–Kier alpha value is -1.75. The number of amides is 1. The van der Waals surface area contributed by atoms with E-state index in [-0.39, 0.29) is 28.4 Å². The van der Waals surface area contributed by atoms with Crippen molar-refractivity contribution >= 4 is 17.7 Å². The van der Waals surface area contributed by atoms with Crippen LogP contribution in [-0.4, -0.2) is 22.7 Å². The number of nitrogens with zero attached hydrogens (tertiary/aromatic N) is 2. The normalized spacial score (nSPS) is 17.4. The maximum Gasteiger partial charge on any atom is 0.417 e. The predicted octanol–water partition coefficient (Wildman–Crippen LogP) is 3.68. The Labute approximate surface area is 148 Å². The molecular formula is C17H18F3N3OS. The molecule has 8 heteroatoms. The van der Waals surface area contributed by atoms with Gasteiger partial charge in [-0.1, -0.05) is 11.8 Å². The molecule has 2 fully saturated rings. The molecule has 2 saturated carbocycles. The lowest BCUT2D eigenvalue weighted by atomic mass is 10.1. The van der Waals surface area contributed by atoms with Crippen LogP contribution in [0.25, 0.3) is 0 Å². The van der Waals surface area contributed by atoms with Gasteiger partial charge in [0.2, 0.25) is 5.91 Å². The highest BCUT2D eigenvalue weighted by molar-refractivity contribution is 8.00. The van der Waals surface area contributed by atoms with Crippen LogP contribution < -0.4 is 5.32 Å². The van der Waals surface area contributed by atoms with Crippen LogP contribution in [0.15, 0.2) is 11.1 Å². The van der Waals surface area contributed by atoms with E-state index in [0.29, 0.717) is 11.8 Å². The molecule has 3 rings (SSSR count). The minimum absolute atomic E-state index is 0.0423. The van der Waals surface area contributed by atoms with Gasteiger partial charge in [-0.05, 0) is 50.5 Å². The summed E-state index contributed by atoms with van der Waals surface area (Å²) in [5.74, 6) is 0.836. The molecule has 0 bridgehead atoms. The van der Waals surface area contributed by atoms with Gasteiger partial charge >= 0.3 is 6.18 Å². The Morgan fingerprint density at radius 2 is 2.00 bits per heavy atom. The largest absolute Gasteiger partial charge is 0.417 e. The summed E-state index contributed by atoms with van der Waals surface area (Å²) in [6, 6.07) is 2.64. The third kappa shape index (κ3) is 4.46. The summed E-state index contributed by atoms with van der Waals surface area (Å²) < 4.78 is 39.3. The fourth-order valence-electron chi connectivity index (χ4n) is 2.97. The summed E-state index contributed by atoms with van der Waals surface area (Å²) in [7, 11) is 0. The summed E-state index contributed by atoms with van der Waals surface area (Å²) in [6.07, 6.45) is -0.119. The Bertz CT molecular complexity index is 709. The van der Waals surface area contributed by atoms with Crippen LogP contribution in [0.1, 0.15) is 42.5 Å². The molecule has 4 nitrogen and oxygen atoms in total. The Balaban J connectivity index is 1.69. The lowest BCUT2D eigenvalue weighted by Crippen LogP contribution is -2.39. The number of nitrogens with one attached hydrogen (secondary N) is 1. The van der Waals surface area contributed by atoms with Crippen molar-refractivity contribution in [3.05, 3.63) is 22.9 Å². The molecule has 0 unspecified atom stereocenters. The average Bonchev–Trinajstić information content (AvgIpc) is 3.42. The summed E-state index contributed by atoms with van der Waals surface area (Å²) in [5.41, 5.74) is -1.35. The lowest BCUT2D eigenvalue weighted by Gasteiger charge is -2.17. The number of carbonyl (C=O) groups excluding carboxylic acids is 1. The molecule has 1 aromatic rings. The first-order valence-electron chi connectivity index (χ1n) is 8.20. The van der Waals surface area contributed by atoms with Crippen LogP contribution >= 0.6 is 11.8 Å². The van der Waals surface area contributed by atoms with E-state index in [1.54, 1.807) is 6.07 Å². The van der Waals surface area contributed by atoms with Crippen molar-refractivity contribution in [2.24, 2.45) is 11.8 Å². The average molecular weight is 369 g/mol. The van der Waals surface area contributed by atoms with E-state index in [1.807, 2.05) is 0 Å². The van der Waals surface area contributed by atoms with Crippen molar-refractivity contribution < 1.29 is 18.0 Å². The third-order valence-corrected chi connectivity index (χ3v) is 5.43. The number of hydrogen-bond acceptors (Lipinski definition) is 4. The minimum Gasteiger partial charge on any atom is -0.352 e. The molecule has 0 saturated heterocycles. The van der Waals surface area contributed by atoms with Crippen LogP contribution in [0.4, 0.5) is 13.2 Å². The Kier molecular flexibility index (Phi) is 4.96. The summed E-state index contributed by atoms with van der Waals surface area (Å²) in [4.78, 5) is 16.2. The van der Waals surface area contributed by atoms with Crippen LogP contribution in [0.2, 0.25) is 0 Å². The van der Waals surface area contributed by atoms with Crippen molar-refractivity contribution in [3.63, 3.8) is 0 Å². The van der Waals surface area contributed by atoms with E-state index in [0.717, 1.165) is 43.5 Å². The van der Waals surface area contributed by atoms with Crippen molar-refractivity contribution in [1.82, 2.24) is 10.3 Å². The Morgan fingerprint density at radius 1 is 1.40 bits per heavy atom. The van der Waals surface area contributed by atoms with Gasteiger partial charge in [0.15, 0.2) is 0 Å². The lowest BCUT2D eigenvalue weighted by molar-refractivity contribution is -0.138. The first kappa shape index (κ1) is 18.1. The molecule has 2 aliphatic carbocycles. The summed E-state index contributed by atoms with van der Waals surface area (Å²) in [6.45, 7) is 1.44. The summed E-state index contributed by atoms with van der Waals surface area (Å²) in [5, 5.41) is 12.1. The van der Waals surface area contributed by atoms with Gasteiger partial charge in [-0.3, -0.25) is 4.79 Å². The SMILES string of the molecule is Cc1cc(C(F)(F)F)c(C#N)c(SCC(=O)NC(C2CC2)C2CC2)n1. The van der Waals surface area contributed by atoms with E-state index in [1.165, 1.54) is 6.92 Å². The molecule has 0 atom stereocenters. The molecule has 0 aromatic carbocycles. The second-order valence-electron chi connectivity index (χ2n) is 6.66. The Morgan fingerprint density at radius 3 is 2.48 bits per heavy atom. The molecule has 0 spiro atoms. The van der Waals surface area contributed by atoms with Gasteiger partial charge in [-0.25, -0.2) is 4.98 Å². The van der Waals surface area contributed by atoms with Gasteiger partial charge < -0.3 is 5.32 Å². The van der Waals surface area contributed by atoms with Crippen LogP contribution in [0.5, 0.6) is 0 Å². The molecule has 0 aliphatic heterocycles. The van der Waals surface area contributed by atoms with Gasteiger partial charge in [0.1, 0.15) is 11.1 Å². The standard InChI is InChI=1S/C17H18F3N3OS/c1-9-6-13(17(18,19)20)12(7-21)16(22-9)25-8-14(24)23-15(10-2-3-10)11-4-5-11/h6,10-11,15H,2-5,8H2,1H3,(H,23,24). The number of thioether (sulfide) groups is 1. The first-order valence-corrected chi connectivity index (χ1v) is 9.19. The number of carbonyl (C=O) groups is 1. The van der Waals surface area contributed by atoms with Gasteiger partial charge in [-0.15, -0.1) is 0 Å². The molecule has 1 N–H and O–H groups in total. The van der Waals surface area contributed by atoms with Crippen molar-refractivity contribution in [2.75, 3.05) is 5.75 Å². The molecule has 0 radical (unpaired) electrons. The maximum absolute atomic E-state index is 13.1. The molecular weight excluding hydrogens is 351 g/mol. The number of alkyl halides is 3. The topological polar surface area (TPSA) is 65.8 Å². The smallest absolute Gasteiger partial charge is 0.352 e. The second-order valence-corrected chi connectivity index (χ2v) is 7.62. The molecule has 134 valence electrons. The van der Waals surface area contributed by atoms with E-state index in [2.05, 4.69) is 10.3 Å². The number of pyridine rings is 1. The number of nitriles is 1. The minimum atomic E-state index is -4.63. The maximum atomic E-state index is 13.1. The van der Waals surface area contributed by atoms with Crippen LogP contribution in [-0.2, 0) is 11.0 Å². The fraction of sp³-hybridized carbons (Fsp3) is 0.588. The molecule has 1 heterocycles. The van der Waals surface area contributed by atoms with Crippen molar-refractivity contribution in [2.45, 2.75) is 49.9 Å².